The minimum absolute atomic E-state index is 0.0504. The van der Waals surface area contributed by atoms with Gasteiger partial charge in [-0.05, 0) is 29.3 Å². The first-order chi connectivity index (χ1) is 12.3. The molecule has 0 saturated carbocycles. The number of rotatable bonds is 6. The molecule has 0 aliphatic heterocycles. The Labute approximate surface area is 153 Å². The molecule has 11 heteroatoms. The van der Waals surface area contributed by atoms with Crippen LogP contribution in [0.5, 0.6) is 0 Å². The molecule has 0 heterocycles. The molecule has 0 fully saturated rings. The van der Waals surface area contributed by atoms with Crippen LogP contribution in [0.2, 0.25) is 0 Å². The predicted octanol–water partition coefficient (Wildman–Crippen LogP) is 3.28. The van der Waals surface area contributed by atoms with Gasteiger partial charge in [0.25, 0.3) is 9.84 Å². The molecule has 2 aromatic carbocycles. The average Bonchev–Trinajstić information content (AvgIpc) is 2.52. The maximum absolute atomic E-state index is 13.3. The van der Waals surface area contributed by atoms with Crippen LogP contribution in [0.3, 0.4) is 0 Å². The van der Waals surface area contributed by atoms with Crippen molar-refractivity contribution in [1.29, 1.82) is 0 Å². The Morgan fingerprint density at radius 2 is 1.48 bits per heavy atom. The number of alkyl halides is 3. The molecule has 2 rings (SSSR count). The molecule has 0 unspecified atom stereocenters. The molecular formula is C16H15F4NO4S2. The van der Waals surface area contributed by atoms with Crippen LogP contribution < -0.4 is 5.32 Å². The summed E-state index contributed by atoms with van der Waals surface area (Å²) in [6.45, 7) is -0.0504. The summed E-state index contributed by atoms with van der Waals surface area (Å²) in [5.41, 5.74) is -4.87. The Morgan fingerprint density at radius 3 is 2.00 bits per heavy atom. The van der Waals surface area contributed by atoms with Crippen LogP contribution in [-0.2, 0) is 32.0 Å². The van der Waals surface area contributed by atoms with Crippen molar-refractivity contribution in [3.05, 3.63) is 59.4 Å². The summed E-state index contributed by atoms with van der Waals surface area (Å²) < 4.78 is 97.4. The molecule has 1 N–H and O–H groups in total. The number of benzene rings is 2. The first-order valence-electron chi connectivity index (χ1n) is 7.40. The first-order valence-corrected chi connectivity index (χ1v) is 10.9. The Hall–Kier alpha value is -2.14. The maximum Gasteiger partial charge on any atom is 0.501 e. The van der Waals surface area contributed by atoms with E-state index in [2.05, 4.69) is 5.32 Å². The van der Waals surface area contributed by atoms with Gasteiger partial charge in [-0.3, -0.25) is 0 Å². The highest BCUT2D eigenvalue weighted by Gasteiger charge is 2.48. The van der Waals surface area contributed by atoms with Crippen molar-refractivity contribution < 1.29 is 34.4 Å². The third-order valence-corrected chi connectivity index (χ3v) is 5.86. The summed E-state index contributed by atoms with van der Waals surface area (Å²) in [6.07, 6.45) is 1.08. The number of halogens is 4. The number of hydrogen-bond donors (Lipinski definition) is 1. The van der Waals surface area contributed by atoms with Gasteiger partial charge >= 0.3 is 5.51 Å². The number of anilines is 1. The molecule has 0 radical (unpaired) electrons. The molecule has 148 valence electrons. The highest BCUT2D eigenvalue weighted by molar-refractivity contribution is 7.92. The van der Waals surface area contributed by atoms with Crippen molar-refractivity contribution >= 4 is 25.4 Å². The van der Waals surface area contributed by atoms with E-state index in [1.165, 1.54) is 12.1 Å². The molecule has 5 nitrogen and oxygen atoms in total. The Bertz CT molecular complexity index is 1030. The largest absolute Gasteiger partial charge is 0.501 e. The van der Waals surface area contributed by atoms with Gasteiger partial charge in [0.15, 0.2) is 9.84 Å². The Kier molecular flexibility index (Phi) is 5.85. The Morgan fingerprint density at radius 1 is 0.926 bits per heavy atom. The standard InChI is InChI=1S/C16H15F4NO4S2/c1-26(22,23)10-12-4-2-11(3-5-12)9-21-14-7-6-13(17)8-15(14)27(24,25)16(18,19)20/h2-8,21H,9-10H2,1H3. The minimum Gasteiger partial charge on any atom is -0.380 e. The van der Waals surface area contributed by atoms with E-state index in [0.29, 0.717) is 17.2 Å². The zero-order valence-corrected chi connectivity index (χ0v) is 15.6. The molecule has 0 aromatic heterocycles. The normalized spacial score (nSPS) is 12.8. The summed E-state index contributed by atoms with van der Waals surface area (Å²) >= 11 is 0. The van der Waals surface area contributed by atoms with Gasteiger partial charge in [-0.2, -0.15) is 13.2 Å². The molecule has 0 bridgehead atoms. The van der Waals surface area contributed by atoms with Gasteiger partial charge < -0.3 is 5.32 Å². The van der Waals surface area contributed by atoms with Crippen LogP contribution >= 0.6 is 0 Å². The first kappa shape index (κ1) is 21.2. The average molecular weight is 425 g/mol. The van der Waals surface area contributed by atoms with Crippen molar-refractivity contribution in [2.45, 2.75) is 22.7 Å². The second-order valence-electron chi connectivity index (χ2n) is 5.83. The van der Waals surface area contributed by atoms with Crippen molar-refractivity contribution in [1.82, 2.24) is 0 Å². The lowest BCUT2D eigenvalue weighted by atomic mass is 10.1. The third-order valence-electron chi connectivity index (χ3n) is 3.47. The number of nitrogens with one attached hydrogen (secondary N) is 1. The topological polar surface area (TPSA) is 80.3 Å². The molecular weight excluding hydrogens is 410 g/mol. The molecule has 0 aliphatic rings. The van der Waals surface area contributed by atoms with Gasteiger partial charge in [0.2, 0.25) is 0 Å². The highest BCUT2D eigenvalue weighted by atomic mass is 32.2. The molecule has 0 aliphatic carbocycles. The van der Waals surface area contributed by atoms with E-state index in [-0.39, 0.29) is 12.3 Å². The van der Waals surface area contributed by atoms with Gasteiger partial charge in [0.05, 0.1) is 11.4 Å². The van der Waals surface area contributed by atoms with Gasteiger partial charge in [-0.15, -0.1) is 0 Å². The van der Waals surface area contributed by atoms with E-state index in [0.717, 1.165) is 18.4 Å². The van der Waals surface area contributed by atoms with E-state index in [1.807, 2.05) is 0 Å². The van der Waals surface area contributed by atoms with Crippen LogP contribution in [0.15, 0.2) is 47.4 Å². The quantitative estimate of drug-likeness (QED) is 0.719. The van der Waals surface area contributed by atoms with Crippen molar-refractivity contribution in [2.24, 2.45) is 0 Å². The van der Waals surface area contributed by atoms with Crippen molar-refractivity contribution in [3.8, 4) is 0 Å². The summed E-state index contributed by atoms with van der Waals surface area (Å²) in [7, 11) is -8.94. The smallest absolute Gasteiger partial charge is 0.380 e. The molecule has 0 saturated heterocycles. The number of hydrogen-bond acceptors (Lipinski definition) is 5. The molecule has 0 spiro atoms. The fourth-order valence-corrected chi connectivity index (χ4v) is 3.99. The van der Waals surface area contributed by atoms with E-state index in [4.69, 9.17) is 0 Å². The summed E-state index contributed by atoms with van der Waals surface area (Å²) in [5.74, 6) is -1.28. The second-order valence-corrected chi connectivity index (χ2v) is 9.88. The van der Waals surface area contributed by atoms with E-state index >= 15 is 0 Å². The van der Waals surface area contributed by atoms with Crippen LogP contribution in [0.25, 0.3) is 0 Å². The predicted molar refractivity (Wildman–Crippen MR) is 92.0 cm³/mol. The SMILES string of the molecule is CS(=O)(=O)Cc1ccc(CNc2ccc(F)cc2S(=O)(=O)C(F)(F)F)cc1. The fourth-order valence-electron chi connectivity index (χ4n) is 2.24. The monoisotopic (exact) mass is 425 g/mol. The lowest BCUT2D eigenvalue weighted by Crippen LogP contribution is -2.24. The molecule has 27 heavy (non-hydrogen) atoms. The highest BCUT2D eigenvalue weighted by Crippen LogP contribution is 2.35. The Balaban J connectivity index is 2.24. The lowest BCUT2D eigenvalue weighted by Gasteiger charge is -2.14. The van der Waals surface area contributed by atoms with Crippen LogP contribution in [-0.4, -0.2) is 28.6 Å². The van der Waals surface area contributed by atoms with E-state index in [1.54, 1.807) is 12.1 Å². The molecule has 0 atom stereocenters. The third kappa shape index (κ3) is 5.42. The number of sulfone groups is 2. The van der Waals surface area contributed by atoms with Gasteiger partial charge in [0.1, 0.15) is 10.7 Å². The maximum atomic E-state index is 13.3. The van der Waals surface area contributed by atoms with Crippen LogP contribution in [0.4, 0.5) is 23.2 Å². The summed E-state index contributed by atoms with van der Waals surface area (Å²) in [4.78, 5) is -1.20. The molecule has 0 amide bonds. The zero-order chi connectivity index (χ0) is 20.5. The zero-order valence-electron chi connectivity index (χ0n) is 13.9. The van der Waals surface area contributed by atoms with Crippen molar-refractivity contribution in [2.75, 3.05) is 11.6 Å². The van der Waals surface area contributed by atoms with E-state index in [9.17, 15) is 34.4 Å². The summed E-state index contributed by atoms with van der Waals surface area (Å²) in [6, 6.07) is 8.23. The second kappa shape index (κ2) is 7.47. The van der Waals surface area contributed by atoms with Gasteiger partial charge in [-0.1, -0.05) is 24.3 Å². The van der Waals surface area contributed by atoms with Crippen LogP contribution in [0, 0.1) is 5.82 Å². The van der Waals surface area contributed by atoms with Crippen molar-refractivity contribution in [3.63, 3.8) is 0 Å². The van der Waals surface area contributed by atoms with Gasteiger partial charge in [0, 0.05) is 12.8 Å². The van der Waals surface area contributed by atoms with Gasteiger partial charge in [-0.25, -0.2) is 21.2 Å². The lowest BCUT2D eigenvalue weighted by molar-refractivity contribution is -0.0435. The fraction of sp³-hybridized carbons (Fsp3) is 0.250. The minimum atomic E-state index is -5.73. The van der Waals surface area contributed by atoms with Crippen LogP contribution in [0.1, 0.15) is 11.1 Å². The molecule has 2 aromatic rings. The van der Waals surface area contributed by atoms with E-state index < -0.39 is 41.6 Å². The summed E-state index contributed by atoms with van der Waals surface area (Å²) in [5, 5.41) is 2.54.